The topological polar surface area (TPSA) is 168 Å². The summed E-state index contributed by atoms with van der Waals surface area (Å²) in [5.74, 6) is 1.12. The highest BCUT2D eigenvalue weighted by molar-refractivity contribution is 8.77. The van der Waals surface area contributed by atoms with Gasteiger partial charge in [-0.3, -0.25) is 14.4 Å². The van der Waals surface area contributed by atoms with Gasteiger partial charge in [0.15, 0.2) is 23.0 Å². The molecule has 4 atom stereocenters. The largest absolute Gasteiger partial charge is 0.493 e. The van der Waals surface area contributed by atoms with E-state index in [0.717, 1.165) is 40.9 Å². The summed E-state index contributed by atoms with van der Waals surface area (Å²) in [5.41, 5.74) is 7.66. The highest BCUT2D eigenvalue weighted by Crippen LogP contribution is 2.45. The van der Waals surface area contributed by atoms with Crippen LogP contribution in [0.3, 0.4) is 0 Å². The number of carbonyl (C=O) groups excluding carboxylic acids is 4. The molecule has 360 valence electrons. The number of aliphatic hydroxyl groups is 1. The van der Waals surface area contributed by atoms with Crippen molar-refractivity contribution in [2.45, 2.75) is 101 Å². The predicted octanol–water partition coefficient (Wildman–Crippen LogP) is 9.42. The molecule has 5 aromatic rings. The lowest BCUT2D eigenvalue weighted by Crippen LogP contribution is -2.45. The number of nitrogens with one attached hydrogen (secondary N) is 3. The molecular formula is C53H57N5O9S2. The lowest BCUT2D eigenvalue weighted by molar-refractivity contribution is -0.117. The van der Waals surface area contributed by atoms with Crippen LogP contribution in [0.1, 0.15) is 89.9 Å². The van der Waals surface area contributed by atoms with Gasteiger partial charge in [0.1, 0.15) is 25.2 Å². The molecule has 2 unspecified atom stereocenters. The zero-order chi connectivity index (χ0) is 48.6. The first-order valence-electron chi connectivity index (χ1n) is 23.2. The van der Waals surface area contributed by atoms with Crippen molar-refractivity contribution in [1.82, 2.24) is 0 Å². The van der Waals surface area contributed by atoms with Gasteiger partial charge in [0.2, 0.25) is 5.91 Å². The number of amides is 3. The van der Waals surface area contributed by atoms with Gasteiger partial charge in [0.25, 0.3) is 11.8 Å². The van der Waals surface area contributed by atoms with Crippen LogP contribution in [0, 0.1) is 0 Å². The fourth-order valence-electron chi connectivity index (χ4n) is 9.46. The molecule has 4 aliphatic rings. The van der Waals surface area contributed by atoms with E-state index in [-0.39, 0.29) is 54.4 Å². The van der Waals surface area contributed by atoms with Gasteiger partial charge in [-0.1, -0.05) is 64.9 Å². The second-order valence-corrected chi connectivity index (χ2v) is 22.0. The van der Waals surface area contributed by atoms with E-state index in [1.807, 2.05) is 79.4 Å². The fourth-order valence-corrected chi connectivity index (χ4v) is 12.0. The Morgan fingerprint density at radius 2 is 1.38 bits per heavy atom. The SMILES string of the molecule is COc1cc2c(cc1OCc1cc(COc3cc4c(cc3OC)C(=O)N3c5ccccc5C[C@H]3C(O)N4)cc(NC(=O)CC(C)(C)SSC(C)CCC(C)=O)c1)NC[C@@H]1Cc3ccccc3N1C2=O. The molecule has 14 nitrogen and oxygen atoms in total. The molecule has 0 saturated carbocycles. The van der Waals surface area contributed by atoms with Crippen LogP contribution in [-0.2, 0) is 35.6 Å². The molecule has 0 radical (unpaired) electrons. The number of ketones is 1. The number of ether oxygens (including phenoxy) is 4. The van der Waals surface area contributed by atoms with E-state index in [9.17, 15) is 24.3 Å². The molecule has 69 heavy (non-hydrogen) atoms. The van der Waals surface area contributed by atoms with Crippen LogP contribution in [0.5, 0.6) is 23.0 Å². The van der Waals surface area contributed by atoms with E-state index in [1.165, 1.54) is 7.11 Å². The van der Waals surface area contributed by atoms with Crippen LogP contribution in [-0.4, -0.2) is 77.7 Å². The number of Topliss-reactive ketones (excluding diaryl/α,β-unsaturated/α-hetero) is 1. The lowest BCUT2D eigenvalue weighted by Gasteiger charge is -2.26. The van der Waals surface area contributed by atoms with Crippen molar-refractivity contribution in [1.29, 1.82) is 0 Å². The van der Waals surface area contributed by atoms with Crippen molar-refractivity contribution in [3.8, 4) is 23.0 Å². The number of hydrogen-bond acceptors (Lipinski definition) is 13. The van der Waals surface area contributed by atoms with Crippen LogP contribution in [0.25, 0.3) is 0 Å². The van der Waals surface area contributed by atoms with Gasteiger partial charge < -0.3 is 54.6 Å². The molecule has 3 amide bonds. The maximum Gasteiger partial charge on any atom is 0.260 e. The number of fused-ring (bicyclic) bond motifs is 8. The van der Waals surface area contributed by atoms with Crippen LogP contribution >= 0.6 is 21.6 Å². The highest BCUT2D eigenvalue weighted by atomic mass is 33.1. The Balaban J connectivity index is 0.962. The normalized spacial score (nSPS) is 18.2. The summed E-state index contributed by atoms with van der Waals surface area (Å²) in [5, 5.41) is 21.4. The zero-order valence-corrected chi connectivity index (χ0v) is 41.2. The van der Waals surface area contributed by atoms with Crippen LogP contribution in [0.4, 0.5) is 28.4 Å². The molecule has 16 heteroatoms. The third-order valence-electron chi connectivity index (χ3n) is 12.8. The Hall–Kier alpha value is -6.36. The number of para-hydroxylation sites is 2. The van der Waals surface area contributed by atoms with Crippen molar-refractivity contribution in [3.05, 3.63) is 124 Å². The van der Waals surface area contributed by atoms with E-state index >= 15 is 0 Å². The molecule has 9 rings (SSSR count). The quantitative estimate of drug-likeness (QED) is 0.0652. The van der Waals surface area contributed by atoms with Gasteiger partial charge >= 0.3 is 0 Å². The first kappa shape index (κ1) is 47.7. The maximum atomic E-state index is 14.1. The van der Waals surface area contributed by atoms with Gasteiger partial charge in [0, 0.05) is 58.6 Å². The van der Waals surface area contributed by atoms with Crippen LogP contribution in [0.15, 0.2) is 91.0 Å². The van der Waals surface area contributed by atoms with Crippen molar-refractivity contribution < 1.29 is 43.2 Å². The minimum Gasteiger partial charge on any atom is -0.493 e. The fraction of sp³-hybridized carbons (Fsp3) is 0.358. The Morgan fingerprint density at radius 1 is 0.797 bits per heavy atom. The number of aliphatic hydroxyl groups excluding tert-OH is 1. The lowest BCUT2D eigenvalue weighted by atomic mass is 10.1. The number of rotatable bonds is 17. The Kier molecular flexibility index (Phi) is 13.8. The average Bonchev–Trinajstić information content (AvgIpc) is 3.85. The molecule has 4 aliphatic heterocycles. The summed E-state index contributed by atoms with van der Waals surface area (Å²) in [6, 6.07) is 27.6. The molecule has 0 fully saturated rings. The van der Waals surface area contributed by atoms with Crippen LogP contribution < -0.4 is 44.7 Å². The molecule has 0 aliphatic carbocycles. The summed E-state index contributed by atoms with van der Waals surface area (Å²) in [6.45, 7) is 8.43. The third-order valence-corrected chi connectivity index (χ3v) is 16.7. The molecule has 5 aromatic carbocycles. The molecule has 0 spiro atoms. The summed E-state index contributed by atoms with van der Waals surface area (Å²) in [4.78, 5) is 57.0. The maximum absolute atomic E-state index is 14.1. The first-order chi connectivity index (χ1) is 33.2. The standard InChI is InChI=1S/C53H57N5O9S2/c1-30(59)15-16-31(2)68-69-53(3,4)26-49(60)55-36-18-32(28-66-47-24-40-38(22-45(47)64-5)51(62)57-37(27-54-40)20-34-11-7-9-13-42(34)57)17-33(19-36)29-67-48-25-41-39(23-46(48)65-6)52(63)58-43-14-10-8-12-35(43)21-44(58)50(61)56-41/h7-14,17-19,22-25,31,37,44,50,54,56,61H,15-16,20-21,26-29H2,1-6H3,(H,55,60)/t31?,37-,44-,50?/m0/s1. The van der Waals surface area contributed by atoms with E-state index in [4.69, 9.17) is 18.9 Å². The summed E-state index contributed by atoms with van der Waals surface area (Å²) >= 11 is 0. The summed E-state index contributed by atoms with van der Waals surface area (Å²) in [7, 11) is 6.37. The first-order valence-corrected chi connectivity index (χ1v) is 25.4. The number of benzene rings is 5. The van der Waals surface area contributed by atoms with Crippen molar-refractivity contribution in [2.24, 2.45) is 0 Å². The second-order valence-electron chi connectivity index (χ2n) is 18.6. The molecular weight excluding hydrogens is 915 g/mol. The summed E-state index contributed by atoms with van der Waals surface area (Å²) in [6.07, 6.45) is 1.74. The molecule has 4 N–H and O–H groups in total. The highest BCUT2D eigenvalue weighted by Gasteiger charge is 2.42. The van der Waals surface area contributed by atoms with Gasteiger partial charge in [0.05, 0.1) is 48.8 Å². The van der Waals surface area contributed by atoms with Gasteiger partial charge in [-0.15, -0.1) is 0 Å². The van der Waals surface area contributed by atoms with Gasteiger partial charge in [-0.05, 0) is 105 Å². The average molecular weight is 972 g/mol. The molecule has 4 heterocycles. The molecule has 0 bridgehead atoms. The number of anilines is 5. The zero-order valence-electron chi connectivity index (χ0n) is 39.6. The van der Waals surface area contributed by atoms with Gasteiger partial charge in [-0.25, -0.2) is 0 Å². The molecule has 0 aromatic heterocycles. The van der Waals surface area contributed by atoms with E-state index < -0.39 is 17.0 Å². The Bertz CT molecular complexity index is 2820. The molecule has 0 saturated heterocycles. The third kappa shape index (κ3) is 10.2. The van der Waals surface area contributed by atoms with Crippen molar-refractivity contribution in [2.75, 3.05) is 46.5 Å². The van der Waals surface area contributed by atoms with E-state index in [2.05, 4.69) is 28.9 Å². The van der Waals surface area contributed by atoms with Crippen molar-refractivity contribution >= 4 is 73.5 Å². The smallest absolute Gasteiger partial charge is 0.260 e. The van der Waals surface area contributed by atoms with E-state index in [0.29, 0.717) is 76.1 Å². The minimum absolute atomic E-state index is 0.0347. The monoisotopic (exact) mass is 971 g/mol. The number of nitrogens with zero attached hydrogens (tertiary/aromatic N) is 2. The minimum atomic E-state index is -1.05. The second kappa shape index (κ2) is 19.9. The predicted molar refractivity (Wildman–Crippen MR) is 273 cm³/mol. The Labute approximate surface area is 410 Å². The van der Waals surface area contributed by atoms with Crippen LogP contribution in [0.2, 0.25) is 0 Å². The van der Waals surface area contributed by atoms with Crippen molar-refractivity contribution in [3.63, 3.8) is 0 Å². The summed E-state index contributed by atoms with van der Waals surface area (Å²) < 4.78 is 24.1. The van der Waals surface area contributed by atoms with E-state index in [1.54, 1.807) is 64.8 Å². The van der Waals surface area contributed by atoms with Gasteiger partial charge in [-0.2, -0.15) is 0 Å². The Morgan fingerprint density at radius 3 is 2.01 bits per heavy atom. The number of hydrogen-bond donors (Lipinski definition) is 4. The number of carbonyl (C=O) groups is 4. The number of methoxy groups -OCH3 is 2.